The molecule has 0 unspecified atom stereocenters. The van der Waals surface area contributed by atoms with Gasteiger partial charge in [0, 0.05) is 26.2 Å². The lowest BCUT2D eigenvalue weighted by molar-refractivity contribution is 0.161. The van der Waals surface area contributed by atoms with Gasteiger partial charge in [0.15, 0.2) is 0 Å². The van der Waals surface area contributed by atoms with Crippen molar-refractivity contribution < 1.29 is 9.90 Å². The molecule has 18 heavy (non-hydrogen) atoms. The van der Waals surface area contributed by atoms with Gasteiger partial charge in [0.2, 0.25) is 0 Å². The van der Waals surface area contributed by atoms with Crippen molar-refractivity contribution >= 4 is 11.8 Å². The van der Waals surface area contributed by atoms with Crippen LogP contribution < -0.4 is 10.3 Å². The molecule has 1 heterocycles. The lowest BCUT2D eigenvalue weighted by atomic mass is 10.1. The third kappa shape index (κ3) is 2.47. The van der Waals surface area contributed by atoms with Crippen molar-refractivity contribution in [2.45, 2.75) is 13.8 Å². The standard InChI is InChI=1S/C13H19N3O2/c1-10-4-3-5-12(11(10)2)16(13(17)18)15-8-6-14-7-9-15/h3-5,14H,6-9H2,1-2H3,(H,17,18). The Kier molecular flexibility index (Phi) is 3.84. The number of benzene rings is 1. The highest BCUT2D eigenvalue weighted by Crippen LogP contribution is 2.24. The summed E-state index contributed by atoms with van der Waals surface area (Å²) in [6, 6.07) is 5.75. The second kappa shape index (κ2) is 5.37. The van der Waals surface area contributed by atoms with Crippen molar-refractivity contribution in [1.29, 1.82) is 0 Å². The van der Waals surface area contributed by atoms with Gasteiger partial charge in [-0.2, -0.15) is 0 Å². The summed E-state index contributed by atoms with van der Waals surface area (Å²) in [6.07, 6.45) is -0.925. The van der Waals surface area contributed by atoms with E-state index < -0.39 is 6.09 Å². The summed E-state index contributed by atoms with van der Waals surface area (Å²) < 4.78 is 0. The Hall–Kier alpha value is -1.59. The number of nitrogens with one attached hydrogen (secondary N) is 1. The Morgan fingerprint density at radius 1 is 1.33 bits per heavy atom. The van der Waals surface area contributed by atoms with Gasteiger partial charge in [0.05, 0.1) is 5.69 Å². The number of carbonyl (C=O) groups is 1. The summed E-state index contributed by atoms with van der Waals surface area (Å²) in [5.41, 5.74) is 2.87. The number of hydrogen-bond donors (Lipinski definition) is 2. The summed E-state index contributed by atoms with van der Waals surface area (Å²) in [7, 11) is 0. The maximum atomic E-state index is 11.5. The Labute approximate surface area is 107 Å². The fraction of sp³-hybridized carbons (Fsp3) is 0.462. The van der Waals surface area contributed by atoms with E-state index in [4.69, 9.17) is 0 Å². The highest BCUT2D eigenvalue weighted by molar-refractivity contribution is 5.86. The monoisotopic (exact) mass is 249 g/mol. The largest absolute Gasteiger partial charge is 0.464 e. The minimum Gasteiger partial charge on any atom is -0.464 e. The number of nitrogens with zero attached hydrogens (tertiary/aromatic N) is 2. The van der Waals surface area contributed by atoms with Crippen molar-refractivity contribution in [2.75, 3.05) is 31.2 Å². The first-order valence-electron chi connectivity index (χ1n) is 6.16. The second-order valence-corrected chi connectivity index (χ2v) is 4.52. The van der Waals surface area contributed by atoms with E-state index in [0.717, 1.165) is 29.9 Å². The molecule has 5 heteroatoms. The Bertz CT molecular complexity index is 442. The van der Waals surface area contributed by atoms with E-state index in [1.807, 2.05) is 37.1 Å². The highest BCUT2D eigenvalue weighted by atomic mass is 16.4. The van der Waals surface area contributed by atoms with Gasteiger partial charge in [-0.1, -0.05) is 12.1 Å². The van der Waals surface area contributed by atoms with Gasteiger partial charge in [-0.05, 0) is 31.0 Å². The van der Waals surface area contributed by atoms with Crippen molar-refractivity contribution in [1.82, 2.24) is 10.3 Å². The molecule has 98 valence electrons. The zero-order chi connectivity index (χ0) is 13.1. The third-order valence-corrected chi connectivity index (χ3v) is 3.36. The van der Waals surface area contributed by atoms with Crippen LogP contribution in [0.5, 0.6) is 0 Å². The molecule has 2 N–H and O–H groups in total. The Morgan fingerprint density at radius 2 is 2.00 bits per heavy atom. The topological polar surface area (TPSA) is 55.8 Å². The molecular weight excluding hydrogens is 230 g/mol. The Balaban J connectivity index is 2.34. The van der Waals surface area contributed by atoms with Crippen LogP contribution in [-0.2, 0) is 0 Å². The van der Waals surface area contributed by atoms with Crippen LogP contribution in [-0.4, -0.2) is 42.4 Å². The van der Waals surface area contributed by atoms with Crippen LogP contribution in [0.2, 0.25) is 0 Å². The number of carboxylic acid groups (broad SMARTS) is 1. The van der Waals surface area contributed by atoms with Gasteiger partial charge in [0.25, 0.3) is 0 Å². The normalized spacial score (nSPS) is 16.6. The average Bonchev–Trinajstić information content (AvgIpc) is 2.36. The zero-order valence-electron chi connectivity index (χ0n) is 10.8. The van der Waals surface area contributed by atoms with Gasteiger partial charge in [-0.3, -0.25) is 0 Å². The molecule has 1 aromatic carbocycles. The van der Waals surface area contributed by atoms with E-state index >= 15 is 0 Å². The first-order valence-corrected chi connectivity index (χ1v) is 6.16. The molecule has 1 saturated heterocycles. The number of anilines is 1. The van der Waals surface area contributed by atoms with E-state index in [2.05, 4.69) is 5.32 Å². The molecule has 0 radical (unpaired) electrons. The average molecular weight is 249 g/mol. The van der Waals surface area contributed by atoms with E-state index in [9.17, 15) is 9.90 Å². The molecule has 0 aromatic heterocycles. The van der Waals surface area contributed by atoms with E-state index in [1.165, 1.54) is 5.01 Å². The first kappa shape index (κ1) is 12.9. The van der Waals surface area contributed by atoms with Crippen molar-refractivity contribution in [3.8, 4) is 0 Å². The van der Waals surface area contributed by atoms with Crippen LogP contribution in [0.4, 0.5) is 10.5 Å². The zero-order valence-corrected chi connectivity index (χ0v) is 10.8. The summed E-state index contributed by atoms with van der Waals surface area (Å²) in [5.74, 6) is 0. The van der Waals surface area contributed by atoms with Gasteiger partial charge in [-0.25, -0.2) is 14.8 Å². The SMILES string of the molecule is Cc1cccc(N(C(=O)O)N2CCNCC2)c1C. The van der Waals surface area contributed by atoms with Crippen molar-refractivity contribution in [3.63, 3.8) is 0 Å². The van der Waals surface area contributed by atoms with Crippen molar-refractivity contribution in [3.05, 3.63) is 29.3 Å². The fourth-order valence-corrected chi connectivity index (χ4v) is 2.19. The quantitative estimate of drug-likeness (QED) is 0.836. The molecule has 0 saturated carbocycles. The van der Waals surface area contributed by atoms with Gasteiger partial charge >= 0.3 is 6.09 Å². The molecule has 1 amide bonds. The maximum absolute atomic E-state index is 11.5. The summed E-state index contributed by atoms with van der Waals surface area (Å²) in [4.78, 5) is 11.5. The van der Waals surface area contributed by atoms with Gasteiger partial charge in [0.1, 0.15) is 0 Å². The Morgan fingerprint density at radius 3 is 2.61 bits per heavy atom. The number of piperazine rings is 1. The molecule has 0 aliphatic carbocycles. The molecular formula is C13H19N3O2. The predicted molar refractivity (Wildman–Crippen MR) is 70.9 cm³/mol. The second-order valence-electron chi connectivity index (χ2n) is 4.52. The van der Waals surface area contributed by atoms with E-state index in [1.54, 1.807) is 0 Å². The van der Waals surface area contributed by atoms with Crippen LogP contribution in [0.1, 0.15) is 11.1 Å². The van der Waals surface area contributed by atoms with Crippen LogP contribution in [0, 0.1) is 13.8 Å². The number of rotatable bonds is 2. The summed E-state index contributed by atoms with van der Waals surface area (Å²) in [6.45, 7) is 7.00. The summed E-state index contributed by atoms with van der Waals surface area (Å²) in [5, 5.41) is 15.9. The van der Waals surface area contributed by atoms with E-state index in [-0.39, 0.29) is 0 Å². The number of aryl methyl sites for hydroxylation is 1. The molecule has 1 aliphatic heterocycles. The smallest absolute Gasteiger partial charge is 0.426 e. The highest BCUT2D eigenvalue weighted by Gasteiger charge is 2.25. The fourth-order valence-electron chi connectivity index (χ4n) is 2.19. The lowest BCUT2D eigenvalue weighted by Crippen LogP contribution is -2.54. The van der Waals surface area contributed by atoms with Crippen LogP contribution in [0.25, 0.3) is 0 Å². The van der Waals surface area contributed by atoms with Crippen LogP contribution >= 0.6 is 0 Å². The predicted octanol–water partition coefficient (Wildman–Crippen LogP) is 1.61. The first-order chi connectivity index (χ1) is 8.61. The van der Waals surface area contributed by atoms with Crippen LogP contribution in [0.3, 0.4) is 0 Å². The van der Waals surface area contributed by atoms with Crippen LogP contribution in [0.15, 0.2) is 18.2 Å². The molecule has 1 aliphatic rings. The number of hydrazine groups is 1. The minimum absolute atomic E-state index is 0.708. The van der Waals surface area contributed by atoms with Gasteiger partial charge < -0.3 is 10.4 Å². The minimum atomic E-state index is -0.925. The maximum Gasteiger partial charge on any atom is 0.426 e. The van der Waals surface area contributed by atoms with E-state index in [0.29, 0.717) is 13.1 Å². The molecule has 0 atom stereocenters. The molecule has 1 aromatic rings. The molecule has 0 spiro atoms. The van der Waals surface area contributed by atoms with Gasteiger partial charge in [-0.15, -0.1) is 0 Å². The number of hydrogen-bond acceptors (Lipinski definition) is 3. The summed E-state index contributed by atoms with van der Waals surface area (Å²) >= 11 is 0. The molecule has 5 nitrogen and oxygen atoms in total. The number of amides is 1. The molecule has 2 rings (SSSR count). The third-order valence-electron chi connectivity index (χ3n) is 3.36. The lowest BCUT2D eigenvalue weighted by Gasteiger charge is -2.36. The van der Waals surface area contributed by atoms with Crippen molar-refractivity contribution in [2.24, 2.45) is 0 Å². The molecule has 0 bridgehead atoms. The molecule has 1 fully saturated rings.